The van der Waals surface area contributed by atoms with Crippen molar-refractivity contribution in [2.24, 2.45) is 4.99 Å². The van der Waals surface area contributed by atoms with Gasteiger partial charge in [-0.15, -0.1) is 0 Å². The van der Waals surface area contributed by atoms with Crippen LogP contribution >= 0.6 is 0 Å². The Bertz CT molecular complexity index is 892. The third-order valence-electron chi connectivity index (χ3n) is 3.46. The van der Waals surface area contributed by atoms with E-state index in [-0.39, 0.29) is 19.0 Å². The lowest BCUT2D eigenvalue weighted by Crippen LogP contribution is -2.09. The van der Waals surface area contributed by atoms with Gasteiger partial charge in [-0.05, 0) is 18.2 Å². The van der Waals surface area contributed by atoms with Gasteiger partial charge in [0.2, 0.25) is 0 Å². The molecule has 0 spiro atoms. The molecular formula is C17H17FN6O. The molecule has 128 valence electrons. The first-order valence-corrected chi connectivity index (χ1v) is 7.58. The summed E-state index contributed by atoms with van der Waals surface area (Å²) in [6, 6.07) is 9.95. The van der Waals surface area contributed by atoms with Gasteiger partial charge in [-0.25, -0.2) is 14.4 Å². The second-order valence-electron chi connectivity index (χ2n) is 5.25. The molecule has 0 bridgehead atoms. The van der Waals surface area contributed by atoms with Crippen LogP contribution < -0.4 is 5.73 Å². The maximum Gasteiger partial charge on any atom is 0.182 e. The number of nitrogens with two attached hydrogens (primary N) is 1. The van der Waals surface area contributed by atoms with Crippen LogP contribution in [0.1, 0.15) is 11.3 Å². The molecular weight excluding hydrogens is 323 g/mol. The summed E-state index contributed by atoms with van der Waals surface area (Å²) in [5.41, 5.74) is 7.51. The van der Waals surface area contributed by atoms with E-state index in [4.69, 9.17) is 10.5 Å². The summed E-state index contributed by atoms with van der Waals surface area (Å²) >= 11 is 0. The van der Waals surface area contributed by atoms with Gasteiger partial charge in [0, 0.05) is 18.8 Å². The molecule has 0 amide bonds. The van der Waals surface area contributed by atoms with Gasteiger partial charge in [0.25, 0.3) is 0 Å². The van der Waals surface area contributed by atoms with Crippen molar-refractivity contribution in [3.8, 4) is 11.5 Å². The number of hydrogen-bond donors (Lipinski definition) is 1. The van der Waals surface area contributed by atoms with Gasteiger partial charge in [0.15, 0.2) is 12.2 Å². The third kappa shape index (κ3) is 3.97. The lowest BCUT2D eigenvalue weighted by molar-refractivity contribution is 0.293. The monoisotopic (exact) mass is 340 g/mol. The Kier molecular flexibility index (Phi) is 4.98. The van der Waals surface area contributed by atoms with Crippen molar-refractivity contribution in [1.82, 2.24) is 19.7 Å². The first-order valence-electron chi connectivity index (χ1n) is 7.58. The summed E-state index contributed by atoms with van der Waals surface area (Å²) in [4.78, 5) is 12.1. The molecule has 0 atom stereocenters. The zero-order chi connectivity index (χ0) is 17.6. The lowest BCUT2D eigenvalue weighted by atomic mass is 10.2. The molecule has 8 heteroatoms. The molecule has 0 saturated carbocycles. The largest absolute Gasteiger partial charge is 0.477 e. The van der Waals surface area contributed by atoms with Gasteiger partial charge in [-0.2, -0.15) is 5.10 Å². The molecule has 0 aliphatic rings. The van der Waals surface area contributed by atoms with Gasteiger partial charge in [0.1, 0.15) is 23.9 Å². The van der Waals surface area contributed by atoms with Crippen LogP contribution in [0.4, 0.5) is 10.2 Å². The van der Waals surface area contributed by atoms with E-state index in [0.29, 0.717) is 22.9 Å². The zero-order valence-electron chi connectivity index (χ0n) is 13.6. The van der Waals surface area contributed by atoms with Crippen LogP contribution in [0.2, 0.25) is 0 Å². The summed E-state index contributed by atoms with van der Waals surface area (Å²) in [6.07, 6.45) is 2.91. The Balaban J connectivity index is 1.95. The Morgan fingerprint density at radius 1 is 1.32 bits per heavy atom. The van der Waals surface area contributed by atoms with E-state index in [1.54, 1.807) is 48.3 Å². The number of nitrogens with zero attached hydrogens (tertiary/aromatic N) is 5. The van der Waals surface area contributed by atoms with E-state index in [1.807, 2.05) is 0 Å². The van der Waals surface area contributed by atoms with Crippen LogP contribution in [-0.4, -0.2) is 33.2 Å². The van der Waals surface area contributed by atoms with E-state index < -0.39 is 0 Å². The number of aliphatic imine (C=N–C) groups is 1. The number of rotatable bonds is 6. The quantitative estimate of drug-likeness (QED) is 0.549. The minimum atomic E-state index is -0.290. The summed E-state index contributed by atoms with van der Waals surface area (Å²) in [5.74, 6) is 0.462. The van der Waals surface area contributed by atoms with Crippen molar-refractivity contribution in [3.05, 3.63) is 59.7 Å². The highest BCUT2D eigenvalue weighted by Gasteiger charge is 2.14. The van der Waals surface area contributed by atoms with Crippen molar-refractivity contribution in [3.63, 3.8) is 0 Å². The molecule has 2 heterocycles. The lowest BCUT2D eigenvalue weighted by Gasteiger charge is -2.08. The molecule has 0 radical (unpaired) electrons. The Hall–Kier alpha value is -3.29. The minimum Gasteiger partial charge on any atom is -0.477 e. The average Bonchev–Trinajstić information content (AvgIpc) is 3.00. The predicted octanol–water partition coefficient (Wildman–Crippen LogP) is 2.28. The first-order chi connectivity index (χ1) is 12.2. The van der Waals surface area contributed by atoms with E-state index in [9.17, 15) is 4.39 Å². The van der Waals surface area contributed by atoms with Crippen molar-refractivity contribution in [1.29, 1.82) is 0 Å². The van der Waals surface area contributed by atoms with Crippen LogP contribution in [0.15, 0.2) is 47.6 Å². The molecule has 0 saturated heterocycles. The Morgan fingerprint density at radius 2 is 2.16 bits per heavy atom. The van der Waals surface area contributed by atoms with E-state index in [0.717, 1.165) is 5.69 Å². The molecule has 1 aromatic carbocycles. The minimum absolute atomic E-state index is 0.237. The van der Waals surface area contributed by atoms with Crippen LogP contribution in [0, 0.1) is 5.82 Å². The average molecular weight is 340 g/mol. The predicted molar refractivity (Wildman–Crippen MR) is 92.4 cm³/mol. The van der Waals surface area contributed by atoms with Gasteiger partial charge in [0.05, 0.1) is 12.2 Å². The van der Waals surface area contributed by atoms with Gasteiger partial charge in [-0.3, -0.25) is 9.67 Å². The van der Waals surface area contributed by atoms with Crippen LogP contribution in [-0.2, 0) is 17.9 Å². The molecule has 0 fully saturated rings. The fraction of sp³-hybridized carbons (Fsp3) is 0.176. The number of ether oxygens (including phenoxy) is 1. The summed E-state index contributed by atoms with van der Waals surface area (Å²) in [6.45, 7) is 0.498. The van der Waals surface area contributed by atoms with Crippen molar-refractivity contribution < 1.29 is 9.13 Å². The second-order valence-corrected chi connectivity index (χ2v) is 5.25. The molecule has 0 aliphatic heterocycles. The van der Waals surface area contributed by atoms with Crippen LogP contribution in [0.25, 0.3) is 11.5 Å². The third-order valence-corrected chi connectivity index (χ3v) is 3.46. The highest BCUT2D eigenvalue weighted by Crippen LogP contribution is 2.18. The number of benzene rings is 1. The van der Waals surface area contributed by atoms with Gasteiger partial charge >= 0.3 is 0 Å². The zero-order valence-corrected chi connectivity index (χ0v) is 13.6. The van der Waals surface area contributed by atoms with E-state index in [2.05, 4.69) is 20.1 Å². The fourth-order valence-electron chi connectivity index (χ4n) is 2.30. The number of aromatic nitrogens is 4. The van der Waals surface area contributed by atoms with Crippen LogP contribution in [0.3, 0.4) is 0 Å². The van der Waals surface area contributed by atoms with E-state index >= 15 is 0 Å². The van der Waals surface area contributed by atoms with Crippen molar-refractivity contribution in [2.45, 2.75) is 13.2 Å². The topological polar surface area (TPSA) is 91.2 Å². The number of nitrogen functional groups attached to an aromatic ring is 1. The fourth-order valence-corrected chi connectivity index (χ4v) is 2.30. The molecule has 3 rings (SSSR count). The maximum absolute atomic E-state index is 14.0. The maximum atomic E-state index is 14.0. The molecule has 3 aromatic rings. The molecule has 25 heavy (non-hydrogen) atoms. The summed E-state index contributed by atoms with van der Waals surface area (Å²) in [5, 5.41) is 4.48. The number of halogens is 1. The molecule has 2 aromatic heterocycles. The molecule has 0 unspecified atom stereocenters. The number of hydrogen-bond acceptors (Lipinski definition) is 6. The van der Waals surface area contributed by atoms with Crippen LogP contribution in [0.5, 0.6) is 0 Å². The number of anilines is 1. The second kappa shape index (κ2) is 7.52. The van der Waals surface area contributed by atoms with Crippen molar-refractivity contribution >= 4 is 12.2 Å². The van der Waals surface area contributed by atoms with Gasteiger partial charge in [-0.1, -0.05) is 18.2 Å². The summed E-state index contributed by atoms with van der Waals surface area (Å²) < 4.78 is 21.0. The molecule has 2 N–H and O–H groups in total. The summed E-state index contributed by atoms with van der Waals surface area (Å²) in [7, 11) is 1.61. The van der Waals surface area contributed by atoms with Crippen molar-refractivity contribution in [2.75, 3.05) is 12.8 Å². The standard InChI is InChI=1S/C17H17FN6O/c1-20-11-25-10-13-8-15(17-21-7-6-16(19)22-17)23-24(13)9-12-4-2-3-5-14(12)18/h2-8,11H,9-10H2,1H3,(H2,19,21,22)/b20-11-. The molecule has 7 nitrogen and oxygen atoms in total. The van der Waals surface area contributed by atoms with Gasteiger partial charge < -0.3 is 10.5 Å². The Morgan fingerprint density at radius 3 is 2.92 bits per heavy atom. The first kappa shape index (κ1) is 16.6. The highest BCUT2D eigenvalue weighted by molar-refractivity contribution is 5.52. The Labute approximate surface area is 144 Å². The molecule has 0 aliphatic carbocycles. The smallest absolute Gasteiger partial charge is 0.182 e. The van der Waals surface area contributed by atoms with E-state index in [1.165, 1.54) is 12.5 Å². The normalized spacial score (nSPS) is 11.1. The highest BCUT2D eigenvalue weighted by atomic mass is 19.1. The SMILES string of the molecule is C/N=C\OCc1cc(-c2nccc(N)n2)nn1Cc1ccccc1F.